The van der Waals surface area contributed by atoms with Gasteiger partial charge in [-0.15, -0.1) is 5.10 Å². The fraction of sp³-hybridized carbons (Fsp3) is 0.429. The van der Waals surface area contributed by atoms with Gasteiger partial charge >= 0.3 is 12.1 Å². The molecule has 1 aromatic carbocycles. The maximum atomic E-state index is 12.6. The lowest BCUT2D eigenvalue weighted by Crippen LogP contribution is -2.50. The highest BCUT2D eigenvalue weighted by Gasteiger charge is 2.44. The Hall–Kier alpha value is -2.45. The lowest BCUT2D eigenvalue weighted by atomic mass is 9.97. The van der Waals surface area contributed by atoms with Crippen LogP contribution in [0.25, 0.3) is 5.69 Å². The summed E-state index contributed by atoms with van der Waals surface area (Å²) in [6.07, 6.45) is -4.79. The summed E-state index contributed by atoms with van der Waals surface area (Å²) in [6, 6.07) is 7.18. The van der Waals surface area contributed by atoms with Crippen LogP contribution >= 0.6 is 0 Å². The number of tetrazole rings is 1. The van der Waals surface area contributed by atoms with Gasteiger partial charge in [-0.2, -0.15) is 17.9 Å². The molecule has 0 aliphatic carbocycles. The van der Waals surface area contributed by atoms with Crippen LogP contribution in [0.1, 0.15) is 31.7 Å². The molecule has 6 nitrogen and oxygen atoms in total. The summed E-state index contributed by atoms with van der Waals surface area (Å²) in [5.74, 6) is -1.90. The highest BCUT2D eigenvalue weighted by molar-refractivity contribution is 5.82. The predicted octanol–water partition coefficient (Wildman–Crippen LogP) is 2.27. The monoisotopic (exact) mass is 327 g/mol. The first-order valence-corrected chi connectivity index (χ1v) is 6.92. The quantitative estimate of drug-likeness (QED) is 0.935. The molecule has 0 spiro atoms. The number of hydrogen-bond acceptors (Lipinski definition) is 4. The summed E-state index contributed by atoms with van der Waals surface area (Å²) in [6.45, 7) is 4.97. The van der Waals surface area contributed by atoms with Gasteiger partial charge in [0.15, 0.2) is 5.82 Å². The smallest absolute Gasteiger partial charge is 0.336 e. The van der Waals surface area contributed by atoms with E-state index >= 15 is 0 Å². The second-order valence-electron chi connectivity index (χ2n) is 5.39. The van der Waals surface area contributed by atoms with Gasteiger partial charge in [-0.1, -0.05) is 19.1 Å². The highest BCUT2D eigenvalue weighted by Crippen LogP contribution is 2.26. The molecule has 23 heavy (non-hydrogen) atoms. The third kappa shape index (κ3) is 3.49. The SMILES string of the molecule is CCC(C)(NC(=O)C(F)(F)F)c1nnnn1-c1cccc(C)c1. The van der Waals surface area contributed by atoms with Crippen LogP contribution < -0.4 is 5.32 Å². The van der Waals surface area contributed by atoms with Gasteiger partial charge in [0, 0.05) is 0 Å². The van der Waals surface area contributed by atoms with Crippen LogP contribution in [0.3, 0.4) is 0 Å². The molecular formula is C14H16F3N5O. The Labute approximate surface area is 130 Å². The van der Waals surface area contributed by atoms with Gasteiger partial charge in [0.2, 0.25) is 0 Å². The van der Waals surface area contributed by atoms with Crippen LogP contribution in [-0.2, 0) is 10.3 Å². The first-order chi connectivity index (χ1) is 10.7. The standard InChI is InChI=1S/C14H16F3N5O/c1-4-13(3,18-12(23)14(15,16)17)11-19-20-21-22(11)10-7-5-6-9(2)8-10/h5-8H,4H2,1-3H3,(H,18,23). The number of alkyl halides is 3. The van der Waals surface area contributed by atoms with Gasteiger partial charge in [-0.3, -0.25) is 4.79 Å². The normalized spacial score (nSPS) is 14.3. The Morgan fingerprint density at radius 1 is 1.35 bits per heavy atom. The van der Waals surface area contributed by atoms with Crippen LogP contribution in [0.4, 0.5) is 13.2 Å². The van der Waals surface area contributed by atoms with E-state index in [9.17, 15) is 18.0 Å². The molecule has 1 unspecified atom stereocenters. The molecule has 0 aliphatic heterocycles. The zero-order valence-electron chi connectivity index (χ0n) is 12.8. The number of nitrogens with one attached hydrogen (secondary N) is 1. The van der Waals surface area contributed by atoms with Crippen LogP contribution in [0.5, 0.6) is 0 Å². The molecule has 1 aromatic heterocycles. The Morgan fingerprint density at radius 3 is 2.61 bits per heavy atom. The number of hydrogen-bond donors (Lipinski definition) is 1. The van der Waals surface area contributed by atoms with Crippen molar-refractivity contribution in [2.24, 2.45) is 0 Å². The van der Waals surface area contributed by atoms with Crippen molar-refractivity contribution >= 4 is 5.91 Å². The molecule has 2 aromatic rings. The van der Waals surface area contributed by atoms with Crippen molar-refractivity contribution < 1.29 is 18.0 Å². The van der Waals surface area contributed by atoms with E-state index in [4.69, 9.17) is 0 Å². The molecule has 0 radical (unpaired) electrons. The van der Waals surface area contributed by atoms with E-state index in [1.165, 1.54) is 11.6 Å². The van der Waals surface area contributed by atoms with Crippen LogP contribution in [0, 0.1) is 6.92 Å². The second-order valence-corrected chi connectivity index (χ2v) is 5.39. The molecule has 1 amide bonds. The molecule has 124 valence electrons. The molecule has 0 fully saturated rings. The third-order valence-electron chi connectivity index (χ3n) is 3.56. The maximum absolute atomic E-state index is 12.6. The topological polar surface area (TPSA) is 72.7 Å². The number of benzene rings is 1. The second kappa shape index (κ2) is 5.98. The molecule has 1 N–H and O–H groups in total. The maximum Gasteiger partial charge on any atom is 0.471 e. The minimum absolute atomic E-state index is 0.128. The van der Waals surface area contributed by atoms with E-state index < -0.39 is 17.6 Å². The number of aryl methyl sites for hydroxylation is 1. The number of rotatable bonds is 4. The minimum Gasteiger partial charge on any atom is -0.336 e. The minimum atomic E-state index is -4.97. The van der Waals surface area contributed by atoms with Gasteiger partial charge in [0.05, 0.1) is 11.2 Å². The van der Waals surface area contributed by atoms with E-state index in [0.29, 0.717) is 5.69 Å². The lowest BCUT2D eigenvalue weighted by molar-refractivity contribution is -0.175. The Kier molecular flexibility index (Phi) is 4.39. The number of carbonyl (C=O) groups excluding carboxylic acids is 1. The lowest BCUT2D eigenvalue weighted by Gasteiger charge is -2.28. The van der Waals surface area contributed by atoms with E-state index in [0.717, 1.165) is 5.56 Å². The predicted molar refractivity (Wildman–Crippen MR) is 75.7 cm³/mol. The van der Waals surface area contributed by atoms with E-state index in [1.54, 1.807) is 25.1 Å². The van der Waals surface area contributed by atoms with Crippen molar-refractivity contribution in [1.29, 1.82) is 0 Å². The summed E-state index contributed by atoms with van der Waals surface area (Å²) < 4.78 is 39.0. The molecule has 1 heterocycles. The molecule has 2 rings (SSSR count). The van der Waals surface area contributed by atoms with Gasteiger partial charge in [0.25, 0.3) is 0 Å². The van der Waals surface area contributed by atoms with Crippen molar-refractivity contribution in [3.8, 4) is 5.69 Å². The molecule has 0 aliphatic rings. The first-order valence-electron chi connectivity index (χ1n) is 6.92. The Morgan fingerprint density at radius 2 is 2.04 bits per heavy atom. The molecule has 0 bridgehead atoms. The van der Waals surface area contributed by atoms with Crippen LogP contribution in [0.15, 0.2) is 24.3 Å². The van der Waals surface area contributed by atoms with E-state index in [2.05, 4.69) is 15.5 Å². The molecular weight excluding hydrogens is 311 g/mol. The number of carbonyl (C=O) groups is 1. The highest BCUT2D eigenvalue weighted by atomic mass is 19.4. The Bertz CT molecular complexity index is 712. The van der Waals surface area contributed by atoms with Crippen molar-refractivity contribution in [3.05, 3.63) is 35.7 Å². The van der Waals surface area contributed by atoms with Crippen molar-refractivity contribution in [1.82, 2.24) is 25.5 Å². The van der Waals surface area contributed by atoms with Gasteiger partial charge in [-0.05, 0) is 48.4 Å². The molecule has 0 saturated heterocycles. The van der Waals surface area contributed by atoms with Crippen LogP contribution in [0.2, 0.25) is 0 Å². The zero-order chi connectivity index (χ0) is 17.3. The first kappa shape index (κ1) is 16.9. The fourth-order valence-electron chi connectivity index (χ4n) is 2.09. The fourth-order valence-corrected chi connectivity index (χ4v) is 2.09. The summed E-state index contributed by atoms with van der Waals surface area (Å²) in [7, 11) is 0. The average Bonchev–Trinajstić information content (AvgIpc) is 2.96. The van der Waals surface area contributed by atoms with Gasteiger partial charge < -0.3 is 5.32 Å². The van der Waals surface area contributed by atoms with Crippen molar-refractivity contribution in [2.75, 3.05) is 0 Å². The van der Waals surface area contributed by atoms with Crippen molar-refractivity contribution in [2.45, 2.75) is 38.9 Å². The van der Waals surface area contributed by atoms with Gasteiger partial charge in [0.1, 0.15) is 0 Å². The summed E-state index contributed by atoms with van der Waals surface area (Å²) >= 11 is 0. The Balaban J connectivity index is 2.44. The largest absolute Gasteiger partial charge is 0.471 e. The molecule has 1 atom stereocenters. The van der Waals surface area contributed by atoms with Crippen molar-refractivity contribution in [3.63, 3.8) is 0 Å². The molecule has 0 saturated carbocycles. The van der Waals surface area contributed by atoms with E-state index in [1.807, 2.05) is 18.3 Å². The summed E-state index contributed by atoms with van der Waals surface area (Å²) in [5, 5.41) is 13.2. The van der Waals surface area contributed by atoms with Crippen LogP contribution in [-0.4, -0.2) is 32.3 Å². The number of nitrogens with zero attached hydrogens (tertiary/aromatic N) is 4. The average molecular weight is 327 g/mol. The summed E-state index contributed by atoms with van der Waals surface area (Å²) in [4.78, 5) is 11.3. The zero-order valence-corrected chi connectivity index (χ0v) is 12.8. The number of aromatic nitrogens is 4. The van der Waals surface area contributed by atoms with E-state index in [-0.39, 0.29) is 12.2 Å². The number of amides is 1. The number of halogens is 3. The molecule has 9 heteroatoms. The third-order valence-corrected chi connectivity index (χ3v) is 3.56. The summed E-state index contributed by atoms with van der Waals surface area (Å²) in [5.41, 5.74) is 0.187. The van der Waals surface area contributed by atoms with Gasteiger partial charge in [-0.25, -0.2) is 0 Å².